The molecule has 0 fully saturated rings. The van der Waals surface area contributed by atoms with Crippen molar-refractivity contribution in [2.24, 2.45) is 0 Å². The van der Waals surface area contributed by atoms with Crippen LogP contribution in [0.15, 0.2) is 4.52 Å². The van der Waals surface area contributed by atoms with E-state index in [0.717, 1.165) is 17.7 Å². The molecule has 1 rings (SSSR count). The van der Waals surface area contributed by atoms with Crippen LogP contribution in [0.4, 0.5) is 0 Å². The highest BCUT2D eigenvalue weighted by atomic mass is 16.6. The number of rotatable bonds is 4. The van der Waals surface area contributed by atoms with Gasteiger partial charge in [0.1, 0.15) is 11.5 Å². The molecule has 4 heteroatoms. The highest BCUT2D eigenvalue weighted by Crippen LogP contribution is 2.26. The molecule has 1 unspecified atom stereocenters. The average molecular weight is 199 g/mol. The number of hydrogen-bond donors (Lipinski definition) is 1. The Kier molecular flexibility index (Phi) is 3.29. The fourth-order valence-corrected chi connectivity index (χ4v) is 1.48. The summed E-state index contributed by atoms with van der Waals surface area (Å²) >= 11 is 0. The summed E-state index contributed by atoms with van der Waals surface area (Å²) in [6.07, 6.45) is 0.765. The van der Waals surface area contributed by atoms with E-state index >= 15 is 0 Å². The minimum absolute atomic E-state index is 0.431. The molecule has 1 atom stereocenters. The van der Waals surface area contributed by atoms with Crippen molar-refractivity contribution in [3.63, 3.8) is 0 Å². The summed E-state index contributed by atoms with van der Waals surface area (Å²) in [6, 6.07) is 0. The lowest BCUT2D eigenvalue weighted by molar-refractivity contribution is -0.199. The molecule has 80 valence electrons. The molecule has 0 aromatic carbocycles. The monoisotopic (exact) mass is 199 g/mol. The Hall–Kier alpha value is -0.870. The molecule has 0 saturated heterocycles. The maximum absolute atomic E-state index is 9.93. The first-order chi connectivity index (χ1) is 6.53. The molecule has 0 saturated carbocycles. The molecule has 0 aliphatic rings. The van der Waals surface area contributed by atoms with Gasteiger partial charge >= 0.3 is 0 Å². The van der Waals surface area contributed by atoms with E-state index in [-0.39, 0.29) is 0 Å². The van der Waals surface area contributed by atoms with Crippen molar-refractivity contribution >= 4 is 0 Å². The Morgan fingerprint density at radius 2 is 2.14 bits per heavy atom. The van der Waals surface area contributed by atoms with E-state index in [4.69, 9.17) is 9.26 Å². The van der Waals surface area contributed by atoms with Gasteiger partial charge in [-0.2, -0.15) is 0 Å². The van der Waals surface area contributed by atoms with Crippen molar-refractivity contribution in [3.05, 3.63) is 17.0 Å². The van der Waals surface area contributed by atoms with E-state index in [0.29, 0.717) is 12.3 Å². The molecule has 1 heterocycles. The van der Waals surface area contributed by atoms with Crippen molar-refractivity contribution in [2.45, 2.75) is 39.9 Å². The van der Waals surface area contributed by atoms with E-state index in [1.54, 1.807) is 6.92 Å². The number of nitrogens with zero attached hydrogens (tertiary/aromatic N) is 1. The lowest BCUT2D eigenvalue weighted by Crippen LogP contribution is -2.26. The third kappa shape index (κ3) is 1.96. The van der Waals surface area contributed by atoms with Gasteiger partial charge in [-0.3, -0.25) is 0 Å². The van der Waals surface area contributed by atoms with Crippen molar-refractivity contribution in [3.8, 4) is 0 Å². The first-order valence-corrected chi connectivity index (χ1v) is 4.84. The van der Waals surface area contributed by atoms with Crippen LogP contribution in [0.2, 0.25) is 0 Å². The van der Waals surface area contributed by atoms with Gasteiger partial charge in [-0.15, -0.1) is 0 Å². The number of aryl methyl sites for hydroxylation is 1. The first-order valence-electron chi connectivity index (χ1n) is 4.84. The molecule has 0 aliphatic heterocycles. The zero-order valence-corrected chi connectivity index (χ0v) is 9.13. The quantitative estimate of drug-likeness (QED) is 0.750. The van der Waals surface area contributed by atoms with Gasteiger partial charge in [-0.05, 0) is 20.8 Å². The van der Waals surface area contributed by atoms with Gasteiger partial charge in [0.2, 0.25) is 5.79 Å². The molecule has 0 spiro atoms. The Balaban J connectivity index is 3.00. The topological polar surface area (TPSA) is 55.5 Å². The summed E-state index contributed by atoms with van der Waals surface area (Å²) in [6.45, 7) is 7.68. The van der Waals surface area contributed by atoms with Crippen molar-refractivity contribution in [1.82, 2.24) is 5.16 Å². The highest BCUT2D eigenvalue weighted by molar-refractivity contribution is 5.24. The second-order valence-electron chi connectivity index (χ2n) is 3.35. The van der Waals surface area contributed by atoms with E-state index < -0.39 is 5.79 Å². The zero-order chi connectivity index (χ0) is 10.8. The van der Waals surface area contributed by atoms with E-state index in [9.17, 15) is 5.11 Å². The predicted molar refractivity (Wildman–Crippen MR) is 51.8 cm³/mol. The molecule has 4 nitrogen and oxygen atoms in total. The van der Waals surface area contributed by atoms with Gasteiger partial charge in [0.15, 0.2) is 0 Å². The zero-order valence-electron chi connectivity index (χ0n) is 9.13. The Bertz CT molecular complexity index is 304. The van der Waals surface area contributed by atoms with Crippen LogP contribution >= 0.6 is 0 Å². The van der Waals surface area contributed by atoms with Crippen molar-refractivity contribution in [1.29, 1.82) is 0 Å². The molecule has 14 heavy (non-hydrogen) atoms. The maximum Gasteiger partial charge on any atom is 0.210 e. The van der Waals surface area contributed by atoms with Gasteiger partial charge < -0.3 is 14.4 Å². The summed E-state index contributed by atoms with van der Waals surface area (Å²) in [7, 11) is 0. The molecule has 1 N–H and O–H groups in total. The van der Waals surface area contributed by atoms with E-state index in [1.807, 2.05) is 20.8 Å². The Morgan fingerprint density at radius 3 is 2.57 bits per heavy atom. The van der Waals surface area contributed by atoms with Crippen LogP contribution in [-0.4, -0.2) is 16.9 Å². The lowest BCUT2D eigenvalue weighted by atomic mass is 10.1. The summed E-state index contributed by atoms with van der Waals surface area (Å²) < 4.78 is 10.3. The molecule has 1 aromatic rings. The minimum Gasteiger partial charge on any atom is -0.361 e. The van der Waals surface area contributed by atoms with Gasteiger partial charge in [-0.25, -0.2) is 0 Å². The minimum atomic E-state index is -1.35. The van der Waals surface area contributed by atoms with Gasteiger partial charge in [0, 0.05) is 18.6 Å². The summed E-state index contributed by atoms with van der Waals surface area (Å²) in [5, 5.41) is 13.8. The standard InChI is InChI=1S/C10H17NO3/c1-5-8-7(3)9(11-14-8)10(4,12)13-6-2/h12H,5-6H2,1-4H3. The SMILES string of the molecule is CCOC(C)(O)c1noc(CC)c1C. The second-order valence-corrected chi connectivity index (χ2v) is 3.35. The first kappa shape index (κ1) is 11.2. The number of hydrogen-bond acceptors (Lipinski definition) is 4. The van der Waals surface area contributed by atoms with Crippen LogP contribution in [0.5, 0.6) is 0 Å². The van der Waals surface area contributed by atoms with E-state index in [2.05, 4.69) is 5.16 Å². The third-order valence-electron chi connectivity index (χ3n) is 2.21. The van der Waals surface area contributed by atoms with Gasteiger partial charge in [0.05, 0.1) is 0 Å². The average Bonchev–Trinajstić information content (AvgIpc) is 2.47. The van der Waals surface area contributed by atoms with Crippen LogP contribution in [0.3, 0.4) is 0 Å². The van der Waals surface area contributed by atoms with Crippen LogP contribution in [-0.2, 0) is 16.9 Å². The molecular weight excluding hydrogens is 182 g/mol. The largest absolute Gasteiger partial charge is 0.361 e. The summed E-state index contributed by atoms with van der Waals surface area (Å²) in [5.41, 5.74) is 1.34. The maximum atomic E-state index is 9.93. The Labute approximate surface area is 83.9 Å². The highest BCUT2D eigenvalue weighted by Gasteiger charge is 2.30. The molecule has 1 aromatic heterocycles. The third-order valence-corrected chi connectivity index (χ3v) is 2.21. The molecular formula is C10H17NO3. The molecule has 0 amide bonds. The summed E-state index contributed by atoms with van der Waals surface area (Å²) in [4.78, 5) is 0. The second kappa shape index (κ2) is 4.11. The Morgan fingerprint density at radius 1 is 1.50 bits per heavy atom. The van der Waals surface area contributed by atoms with Crippen LogP contribution in [0, 0.1) is 6.92 Å². The van der Waals surface area contributed by atoms with Crippen LogP contribution in [0.25, 0.3) is 0 Å². The van der Waals surface area contributed by atoms with Crippen molar-refractivity contribution in [2.75, 3.05) is 6.61 Å². The van der Waals surface area contributed by atoms with Crippen molar-refractivity contribution < 1.29 is 14.4 Å². The molecule has 0 aliphatic carbocycles. The van der Waals surface area contributed by atoms with Crippen LogP contribution in [0.1, 0.15) is 37.8 Å². The number of ether oxygens (including phenoxy) is 1. The summed E-state index contributed by atoms with van der Waals surface area (Å²) in [5.74, 6) is -0.560. The smallest absolute Gasteiger partial charge is 0.210 e. The van der Waals surface area contributed by atoms with E-state index in [1.165, 1.54) is 0 Å². The molecule has 0 bridgehead atoms. The number of aliphatic hydroxyl groups is 1. The number of aromatic nitrogens is 1. The molecule has 0 radical (unpaired) electrons. The van der Waals surface area contributed by atoms with Gasteiger partial charge in [0.25, 0.3) is 0 Å². The lowest BCUT2D eigenvalue weighted by Gasteiger charge is -2.20. The van der Waals surface area contributed by atoms with Crippen LogP contribution < -0.4 is 0 Å². The predicted octanol–water partition coefficient (Wildman–Crippen LogP) is 1.75. The fraction of sp³-hybridized carbons (Fsp3) is 0.700. The fourth-order valence-electron chi connectivity index (χ4n) is 1.48. The normalized spacial score (nSPS) is 15.5. The van der Waals surface area contributed by atoms with Gasteiger partial charge in [-0.1, -0.05) is 12.1 Å².